The van der Waals surface area contributed by atoms with Gasteiger partial charge in [0, 0.05) is 0 Å². The van der Waals surface area contributed by atoms with Crippen LogP contribution in [0.4, 0.5) is 0 Å². The van der Waals surface area contributed by atoms with E-state index in [1.54, 1.807) is 12.1 Å². The summed E-state index contributed by atoms with van der Waals surface area (Å²) in [5.74, 6) is 0.525. The molecule has 0 saturated heterocycles. The van der Waals surface area contributed by atoms with E-state index in [0.717, 1.165) is 0 Å². The predicted molar refractivity (Wildman–Crippen MR) is 43.1 cm³/mol. The number of nitrogens with zero attached hydrogens (tertiary/aromatic N) is 2. The number of hydrogen-bond acceptors (Lipinski definition) is 4. The van der Waals surface area contributed by atoms with Gasteiger partial charge in [-0.05, 0) is 12.1 Å². The van der Waals surface area contributed by atoms with Gasteiger partial charge in [0.1, 0.15) is 11.5 Å². The van der Waals surface area contributed by atoms with E-state index in [2.05, 4.69) is 15.4 Å². The van der Waals surface area contributed by atoms with Crippen LogP contribution in [0.1, 0.15) is 16.2 Å². The summed E-state index contributed by atoms with van der Waals surface area (Å²) in [5.41, 5.74) is 0.330. The normalized spacial score (nSPS) is 10.2. The first-order chi connectivity index (χ1) is 6.36. The van der Waals surface area contributed by atoms with E-state index in [0.29, 0.717) is 11.5 Å². The summed E-state index contributed by atoms with van der Waals surface area (Å²) < 4.78 is 5.02. The molecule has 0 unspecified atom stereocenters. The van der Waals surface area contributed by atoms with E-state index in [9.17, 15) is 4.79 Å². The Morgan fingerprint density at radius 2 is 2.54 bits per heavy atom. The molecular weight excluding hydrogens is 170 g/mol. The molecule has 0 amide bonds. The molecule has 13 heavy (non-hydrogen) atoms. The zero-order chi connectivity index (χ0) is 9.10. The van der Waals surface area contributed by atoms with Gasteiger partial charge in [0.05, 0.1) is 18.9 Å². The average molecular weight is 177 g/mol. The number of hydrogen-bond donors (Lipinski definition) is 1. The van der Waals surface area contributed by atoms with Crippen molar-refractivity contribution in [1.82, 2.24) is 15.4 Å². The van der Waals surface area contributed by atoms with Gasteiger partial charge in [0.2, 0.25) is 0 Å². The van der Waals surface area contributed by atoms with Gasteiger partial charge >= 0.3 is 0 Å². The minimum atomic E-state index is -0.108. The van der Waals surface area contributed by atoms with Crippen molar-refractivity contribution in [2.75, 3.05) is 0 Å². The molecule has 1 N–H and O–H groups in total. The fourth-order valence-electron chi connectivity index (χ4n) is 0.998. The molecule has 2 aromatic rings. The molecule has 0 aliphatic heterocycles. The van der Waals surface area contributed by atoms with Crippen LogP contribution in [0.15, 0.2) is 29.0 Å². The first-order valence-electron chi connectivity index (χ1n) is 3.77. The van der Waals surface area contributed by atoms with Gasteiger partial charge in [-0.1, -0.05) is 0 Å². The summed E-state index contributed by atoms with van der Waals surface area (Å²) in [6, 6.07) is 3.49. The highest BCUT2D eigenvalue weighted by molar-refractivity contribution is 5.94. The molecule has 66 valence electrons. The number of Topliss-reactive ketones (excluding diaryl/α,β-unsaturated/α-hetero) is 1. The Labute approximate surface area is 73.8 Å². The summed E-state index contributed by atoms with van der Waals surface area (Å²) in [4.78, 5) is 11.4. The Balaban J connectivity index is 2.08. The second-order valence-corrected chi connectivity index (χ2v) is 2.53. The number of H-pyrrole nitrogens is 1. The van der Waals surface area contributed by atoms with Gasteiger partial charge in [0.15, 0.2) is 5.78 Å². The molecule has 0 bridgehead atoms. The third kappa shape index (κ3) is 1.64. The van der Waals surface area contributed by atoms with Gasteiger partial charge in [-0.25, -0.2) is 0 Å². The van der Waals surface area contributed by atoms with Gasteiger partial charge in [-0.15, -0.1) is 0 Å². The molecule has 0 saturated carbocycles. The van der Waals surface area contributed by atoms with Crippen molar-refractivity contribution in [3.05, 3.63) is 36.0 Å². The van der Waals surface area contributed by atoms with Crippen molar-refractivity contribution in [3.8, 4) is 0 Å². The molecule has 0 atom stereocenters. The van der Waals surface area contributed by atoms with Crippen LogP contribution in [0.5, 0.6) is 0 Å². The standard InChI is InChI=1S/C8H7N3O2/c12-8(7-5-9-11-10-7)4-6-2-1-3-13-6/h1-3,5H,4H2,(H,9,10,11). The summed E-state index contributed by atoms with van der Waals surface area (Å²) >= 11 is 0. The monoisotopic (exact) mass is 177 g/mol. The predicted octanol–water partition coefficient (Wildman–Crippen LogP) is 0.823. The number of aromatic nitrogens is 3. The highest BCUT2D eigenvalue weighted by atomic mass is 16.3. The van der Waals surface area contributed by atoms with Crippen LogP contribution >= 0.6 is 0 Å². The molecule has 2 rings (SSSR count). The van der Waals surface area contributed by atoms with Crippen molar-refractivity contribution in [2.45, 2.75) is 6.42 Å². The Morgan fingerprint density at radius 3 is 3.15 bits per heavy atom. The average Bonchev–Trinajstić information content (AvgIpc) is 2.74. The second kappa shape index (κ2) is 3.22. The van der Waals surface area contributed by atoms with Crippen LogP contribution in [0.25, 0.3) is 0 Å². The smallest absolute Gasteiger partial charge is 0.192 e. The highest BCUT2D eigenvalue weighted by Gasteiger charge is 2.10. The number of nitrogens with one attached hydrogen (secondary N) is 1. The van der Waals surface area contributed by atoms with Crippen molar-refractivity contribution >= 4 is 5.78 Å². The van der Waals surface area contributed by atoms with E-state index in [-0.39, 0.29) is 12.2 Å². The molecule has 5 heteroatoms. The van der Waals surface area contributed by atoms with Gasteiger partial charge in [-0.3, -0.25) is 4.79 Å². The molecule has 0 radical (unpaired) electrons. The number of rotatable bonds is 3. The molecule has 0 spiro atoms. The third-order valence-electron chi connectivity index (χ3n) is 1.62. The Bertz CT molecular complexity index is 377. The van der Waals surface area contributed by atoms with E-state index in [1.807, 2.05) is 0 Å². The molecular formula is C8H7N3O2. The topological polar surface area (TPSA) is 71.8 Å². The van der Waals surface area contributed by atoms with Gasteiger partial charge in [-0.2, -0.15) is 15.4 Å². The van der Waals surface area contributed by atoms with Crippen molar-refractivity contribution in [1.29, 1.82) is 0 Å². The van der Waals surface area contributed by atoms with Crippen LogP contribution in [0.2, 0.25) is 0 Å². The van der Waals surface area contributed by atoms with Crippen LogP contribution < -0.4 is 0 Å². The number of furan rings is 1. The van der Waals surface area contributed by atoms with Crippen LogP contribution in [0.3, 0.4) is 0 Å². The Morgan fingerprint density at radius 1 is 1.62 bits per heavy atom. The van der Waals surface area contributed by atoms with E-state index < -0.39 is 0 Å². The first kappa shape index (κ1) is 7.72. The van der Waals surface area contributed by atoms with Gasteiger partial charge in [0.25, 0.3) is 0 Å². The first-order valence-corrected chi connectivity index (χ1v) is 3.77. The molecule has 0 aromatic carbocycles. The zero-order valence-corrected chi connectivity index (χ0v) is 6.73. The summed E-state index contributed by atoms with van der Waals surface area (Å²) in [6.07, 6.45) is 3.15. The van der Waals surface area contributed by atoms with Crippen molar-refractivity contribution in [2.24, 2.45) is 0 Å². The van der Waals surface area contributed by atoms with Crippen LogP contribution in [-0.4, -0.2) is 21.2 Å². The SMILES string of the molecule is O=C(Cc1ccco1)c1cn[nH]n1. The molecule has 0 aliphatic carbocycles. The Hall–Kier alpha value is -1.91. The fraction of sp³-hybridized carbons (Fsp3) is 0.125. The fourth-order valence-corrected chi connectivity index (χ4v) is 0.998. The molecule has 2 heterocycles. The number of ketones is 1. The lowest BCUT2D eigenvalue weighted by molar-refractivity contribution is 0.0982. The molecule has 0 fully saturated rings. The van der Waals surface area contributed by atoms with Gasteiger partial charge < -0.3 is 4.42 Å². The number of carbonyl (C=O) groups is 1. The quantitative estimate of drug-likeness (QED) is 0.704. The van der Waals surface area contributed by atoms with E-state index in [1.165, 1.54) is 12.5 Å². The summed E-state index contributed by atoms with van der Waals surface area (Å²) in [7, 11) is 0. The van der Waals surface area contributed by atoms with E-state index >= 15 is 0 Å². The minimum Gasteiger partial charge on any atom is -0.469 e. The maximum absolute atomic E-state index is 11.4. The summed E-state index contributed by atoms with van der Waals surface area (Å²) in [5, 5.41) is 9.59. The molecule has 0 aliphatic rings. The Kier molecular flexibility index (Phi) is 1.91. The largest absolute Gasteiger partial charge is 0.469 e. The number of carbonyl (C=O) groups excluding carboxylic acids is 1. The maximum atomic E-state index is 11.4. The zero-order valence-electron chi connectivity index (χ0n) is 6.73. The maximum Gasteiger partial charge on any atom is 0.192 e. The lowest BCUT2D eigenvalue weighted by Crippen LogP contribution is -2.02. The number of aromatic amines is 1. The van der Waals surface area contributed by atoms with Crippen molar-refractivity contribution < 1.29 is 9.21 Å². The minimum absolute atomic E-state index is 0.108. The molecule has 5 nitrogen and oxygen atoms in total. The van der Waals surface area contributed by atoms with E-state index in [4.69, 9.17) is 4.42 Å². The van der Waals surface area contributed by atoms with Crippen molar-refractivity contribution in [3.63, 3.8) is 0 Å². The molecule has 2 aromatic heterocycles. The van der Waals surface area contributed by atoms with Crippen LogP contribution in [-0.2, 0) is 6.42 Å². The lowest BCUT2D eigenvalue weighted by atomic mass is 10.2. The summed E-state index contributed by atoms with van der Waals surface area (Å²) in [6.45, 7) is 0. The second-order valence-electron chi connectivity index (χ2n) is 2.53. The third-order valence-corrected chi connectivity index (χ3v) is 1.62. The highest BCUT2D eigenvalue weighted by Crippen LogP contribution is 2.04. The van der Waals surface area contributed by atoms with Crippen LogP contribution in [0, 0.1) is 0 Å². The lowest BCUT2D eigenvalue weighted by Gasteiger charge is -1.91.